The summed E-state index contributed by atoms with van der Waals surface area (Å²) in [6.07, 6.45) is 29.1. The molecule has 0 fully saturated rings. The third kappa shape index (κ3) is 14.2. The summed E-state index contributed by atoms with van der Waals surface area (Å²) in [5.41, 5.74) is 12.9. The van der Waals surface area contributed by atoms with Crippen molar-refractivity contribution in [1.82, 2.24) is 0 Å². The topological polar surface area (TPSA) is 9.23 Å². The van der Waals surface area contributed by atoms with Gasteiger partial charge in [-0.15, -0.1) is 0 Å². The van der Waals surface area contributed by atoms with Gasteiger partial charge in [0, 0.05) is 0 Å². The molecule has 4 aromatic rings. The van der Waals surface area contributed by atoms with Crippen molar-refractivity contribution in [3.05, 3.63) is 117 Å². The van der Waals surface area contributed by atoms with E-state index in [9.17, 15) is 0 Å². The van der Waals surface area contributed by atoms with Crippen LogP contribution < -0.4 is 20.7 Å². The van der Waals surface area contributed by atoms with E-state index < -0.39 is 18.1 Å². The third-order valence-corrected chi connectivity index (χ3v) is 19.6. The second-order valence-electron chi connectivity index (χ2n) is 17.7. The Bertz CT molecular complexity index is 1520. The molecule has 0 aromatic heterocycles. The maximum atomic E-state index is 8.59. The molecule has 0 unspecified atom stereocenters. The Morgan fingerprint density at radius 1 is 0.288 bits per heavy atom. The Balaban J connectivity index is 2.15. The molecule has 324 valence electrons. The SMILES string of the molecule is CCCCc1cccc([SiH](O[SiH](c2cccc(CCCC)c2CCCC)c2cccc(CCCC)c2CCCC)c2cccc(CCCC)c2CCCC)c1CCCC. The molecule has 0 N–H and O–H groups in total. The monoisotopic (exact) mass is 831 g/mol. The first-order valence-electron chi connectivity index (χ1n) is 25.1. The van der Waals surface area contributed by atoms with E-state index in [-0.39, 0.29) is 0 Å². The normalized spacial score (nSPS) is 11.7. The maximum Gasteiger partial charge on any atom is 0.229 e. The highest BCUT2D eigenvalue weighted by molar-refractivity contribution is 6.92. The van der Waals surface area contributed by atoms with Gasteiger partial charge in [-0.3, -0.25) is 0 Å². The minimum atomic E-state index is -2.25. The average molecular weight is 831 g/mol. The van der Waals surface area contributed by atoms with Gasteiger partial charge in [-0.1, -0.05) is 180 Å². The highest BCUT2D eigenvalue weighted by atomic mass is 28.4. The molecule has 1 nitrogen and oxygen atoms in total. The van der Waals surface area contributed by atoms with Gasteiger partial charge in [0.1, 0.15) is 0 Å². The summed E-state index contributed by atoms with van der Waals surface area (Å²) in [7, 11) is -4.49. The first-order chi connectivity index (χ1) is 29.0. The summed E-state index contributed by atoms with van der Waals surface area (Å²) in [5.74, 6) is 0. The van der Waals surface area contributed by atoms with Gasteiger partial charge in [-0.25, -0.2) is 0 Å². The molecular weight excluding hydrogens is 745 g/mol. The van der Waals surface area contributed by atoms with Crippen molar-refractivity contribution in [3.8, 4) is 0 Å². The van der Waals surface area contributed by atoms with Crippen LogP contribution in [0.5, 0.6) is 0 Å². The van der Waals surface area contributed by atoms with Crippen molar-refractivity contribution >= 4 is 38.8 Å². The average Bonchev–Trinajstić information content (AvgIpc) is 3.26. The molecule has 0 atom stereocenters. The predicted molar refractivity (Wildman–Crippen MR) is 269 cm³/mol. The first-order valence-corrected chi connectivity index (χ1v) is 28.3. The van der Waals surface area contributed by atoms with Crippen molar-refractivity contribution < 1.29 is 4.12 Å². The van der Waals surface area contributed by atoms with E-state index in [4.69, 9.17) is 4.12 Å². The van der Waals surface area contributed by atoms with Crippen LogP contribution in [0.2, 0.25) is 0 Å². The zero-order valence-electron chi connectivity index (χ0n) is 39.5. The van der Waals surface area contributed by atoms with Crippen LogP contribution in [-0.4, -0.2) is 18.1 Å². The van der Waals surface area contributed by atoms with E-state index in [1.165, 1.54) is 128 Å². The summed E-state index contributed by atoms with van der Waals surface area (Å²) in [4.78, 5) is 0. The van der Waals surface area contributed by atoms with Crippen molar-refractivity contribution in [3.63, 3.8) is 0 Å². The molecule has 4 aromatic carbocycles. The molecule has 0 heterocycles. The van der Waals surface area contributed by atoms with Crippen LogP contribution in [0.25, 0.3) is 0 Å². The zero-order valence-corrected chi connectivity index (χ0v) is 41.8. The molecular formula is C56H86OSi2. The number of rotatable bonds is 30. The van der Waals surface area contributed by atoms with Gasteiger partial charge in [0.15, 0.2) is 0 Å². The van der Waals surface area contributed by atoms with Gasteiger partial charge in [0.2, 0.25) is 18.1 Å². The number of aryl methyl sites for hydroxylation is 4. The molecule has 0 saturated heterocycles. The molecule has 0 amide bonds. The fourth-order valence-electron chi connectivity index (χ4n) is 9.40. The molecule has 3 heteroatoms. The molecule has 0 bridgehead atoms. The molecule has 0 aliphatic carbocycles. The lowest BCUT2D eigenvalue weighted by Gasteiger charge is -2.32. The Kier molecular flexibility index (Phi) is 23.2. The second-order valence-corrected chi connectivity index (χ2v) is 22.8. The summed E-state index contributed by atoms with van der Waals surface area (Å²) in [6, 6.07) is 29.8. The highest BCUT2D eigenvalue weighted by Crippen LogP contribution is 2.23. The van der Waals surface area contributed by atoms with Crippen LogP contribution in [0, 0.1) is 0 Å². The maximum absolute atomic E-state index is 8.59. The zero-order chi connectivity index (χ0) is 42.2. The van der Waals surface area contributed by atoms with E-state index in [2.05, 4.69) is 128 Å². The van der Waals surface area contributed by atoms with Crippen LogP contribution >= 0.6 is 0 Å². The van der Waals surface area contributed by atoms with Crippen LogP contribution in [0.1, 0.15) is 203 Å². The van der Waals surface area contributed by atoms with Crippen molar-refractivity contribution in [2.45, 2.75) is 209 Å². The Labute approximate surface area is 368 Å². The number of hydrogen-bond donors (Lipinski definition) is 0. The minimum absolute atomic E-state index is 1.16. The van der Waals surface area contributed by atoms with Gasteiger partial charge >= 0.3 is 0 Å². The molecule has 4 rings (SSSR count). The summed E-state index contributed by atoms with van der Waals surface area (Å²) >= 11 is 0. The van der Waals surface area contributed by atoms with Gasteiger partial charge in [-0.2, -0.15) is 0 Å². The molecule has 0 aliphatic heterocycles. The van der Waals surface area contributed by atoms with Gasteiger partial charge in [0.25, 0.3) is 0 Å². The summed E-state index contributed by atoms with van der Waals surface area (Å²) in [5, 5.41) is 6.35. The van der Waals surface area contributed by atoms with Crippen LogP contribution in [0.4, 0.5) is 0 Å². The number of benzene rings is 4. The fourth-order valence-corrected chi connectivity index (χ4v) is 17.2. The molecule has 0 saturated carbocycles. The quantitative estimate of drug-likeness (QED) is 0.0476. The summed E-state index contributed by atoms with van der Waals surface area (Å²) < 4.78 is 8.59. The smallest absolute Gasteiger partial charge is 0.229 e. The third-order valence-electron chi connectivity index (χ3n) is 13.0. The van der Waals surface area contributed by atoms with E-state index in [1.54, 1.807) is 65.3 Å². The van der Waals surface area contributed by atoms with Crippen molar-refractivity contribution in [2.24, 2.45) is 0 Å². The largest absolute Gasteiger partial charge is 0.446 e. The first kappa shape index (κ1) is 48.9. The Hall–Kier alpha value is -2.73. The van der Waals surface area contributed by atoms with E-state index in [0.717, 1.165) is 25.7 Å². The summed E-state index contributed by atoms with van der Waals surface area (Å²) in [6.45, 7) is 18.9. The lowest BCUT2D eigenvalue weighted by Crippen LogP contribution is -2.59. The standard InChI is InChI=1S/C56H86OSi2/c1-9-17-29-45-33-25-41-53(49(45)37-21-13-5)58(54-42-26-34-46(30-18-10-2)50(54)38-22-14-6)57-59(55-43-27-35-47(31-19-11-3)51(55)39-23-15-7)56-44-28-36-48(32-20-12-4)52(56)40-24-16-8/h25-28,33-36,41-44,58-59H,9-24,29-32,37-40H2,1-8H3. The number of unbranched alkanes of at least 4 members (excludes halogenated alkanes) is 8. The van der Waals surface area contributed by atoms with E-state index >= 15 is 0 Å². The Morgan fingerprint density at radius 3 is 0.695 bits per heavy atom. The van der Waals surface area contributed by atoms with Gasteiger partial charge < -0.3 is 4.12 Å². The lowest BCUT2D eigenvalue weighted by molar-refractivity contribution is 0.628. The van der Waals surface area contributed by atoms with Crippen LogP contribution in [0.3, 0.4) is 0 Å². The molecule has 59 heavy (non-hydrogen) atoms. The van der Waals surface area contributed by atoms with E-state index in [1.807, 2.05) is 0 Å². The van der Waals surface area contributed by atoms with Crippen molar-refractivity contribution in [2.75, 3.05) is 0 Å². The van der Waals surface area contributed by atoms with E-state index in [0.29, 0.717) is 0 Å². The number of hydrogen-bond acceptors (Lipinski definition) is 1. The lowest BCUT2D eigenvalue weighted by atomic mass is 9.97. The Morgan fingerprint density at radius 2 is 0.492 bits per heavy atom. The highest BCUT2D eigenvalue weighted by Gasteiger charge is 2.33. The van der Waals surface area contributed by atoms with Gasteiger partial charge in [0.05, 0.1) is 0 Å². The van der Waals surface area contributed by atoms with Crippen LogP contribution in [-0.2, 0) is 55.5 Å². The van der Waals surface area contributed by atoms with Crippen molar-refractivity contribution in [1.29, 1.82) is 0 Å². The molecule has 0 radical (unpaired) electrons. The van der Waals surface area contributed by atoms with Gasteiger partial charge in [-0.05, 0) is 168 Å². The second kappa shape index (κ2) is 28.0. The van der Waals surface area contributed by atoms with Crippen LogP contribution in [0.15, 0.2) is 72.8 Å². The fraction of sp³-hybridized carbons (Fsp3) is 0.571. The minimum Gasteiger partial charge on any atom is -0.446 e. The predicted octanol–water partition coefficient (Wildman–Crippen LogP) is 12.8. The molecule has 0 aliphatic rings. The molecule has 0 spiro atoms.